The second-order valence-electron chi connectivity index (χ2n) is 4.61. The fraction of sp³-hybridized carbons (Fsp3) is 0. The third kappa shape index (κ3) is 1.64. The van der Waals surface area contributed by atoms with Gasteiger partial charge in [0.25, 0.3) is 0 Å². The molecule has 0 bridgehead atoms. The molecule has 0 N–H and O–H groups in total. The molecule has 0 radical (unpaired) electrons. The Morgan fingerprint density at radius 3 is 2.40 bits per heavy atom. The number of fused-ring (bicyclic) bond motifs is 3. The smallest absolute Gasteiger partial charge is 0.0980 e. The average molecular weight is 257 g/mol. The first-order chi connectivity index (χ1) is 9.93. The average Bonchev–Trinajstić information content (AvgIpc) is 2.55. The highest BCUT2D eigenvalue weighted by atomic mass is 14.8. The maximum absolute atomic E-state index is 4.53. The van der Waals surface area contributed by atoms with E-state index in [-0.39, 0.29) is 0 Å². The molecule has 0 saturated carbocycles. The quantitative estimate of drug-likeness (QED) is 0.486. The minimum Gasteiger partial charge on any atom is -0.256 e. The van der Waals surface area contributed by atoms with Crippen LogP contribution in [0.2, 0.25) is 0 Å². The van der Waals surface area contributed by atoms with Crippen molar-refractivity contribution < 1.29 is 0 Å². The summed E-state index contributed by atoms with van der Waals surface area (Å²) in [5, 5.41) is 3.33. The summed E-state index contributed by atoms with van der Waals surface area (Å²) in [6.45, 7) is 0. The van der Waals surface area contributed by atoms with Crippen molar-refractivity contribution in [1.29, 1.82) is 0 Å². The first-order valence-corrected chi connectivity index (χ1v) is 6.47. The van der Waals surface area contributed by atoms with Crippen LogP contribution in [0.5, 0.6) is 0 Å². The SMILES string of the molecule is c1ccc(-c2nccc3c2cnc2ccccc23)nc1. The van der Waals surface area contributed by atoms with Gasteiger partial charge in [0, 0.05) is 29.4 Å². The molecule has 3 heteroatoms. The zero-order chi connectivity index (χ0) is 13.4. The molecule has 94 valence electrons. The number of rotatable bonds is 1. The van der Waals surface area contributed by atoms with E-state index in [1.807, 2.05) is 54.9 Å². The summed E-state index contributed by atoms with van der Waals surface area (Å²) < 4.78 is 0. The van der Waals surface area contributed by atoms with Gasteiger partial charge >= 0.3 is 0 Å². The number of para-hydroxylation sites is 1. The highest BCUT2D eigenvalue weighted by Gasteiger charge is 2.08. The number of hydrogen-bond acceptors (Lipinski definition) is 3. The zero-order valence-electron chi connectivity index (χ0n) is 10.7. The molecule has 0 spiro atoms. The van der Waals surface area contributed by atoms with Gasteiger partial charge in [-0.1, -0.05) is 24.3 Å². The highest BCUT2D eigenvalue weighted by Crippen LogP contribution is 2.29. The summed E-state index contributed by atoms with van der Waals surface area (Å²) >= 11 is 0. The van der Waals surface area contributed by atoms with Gasteiger partial charge in [0.15, 0.2) is 0 Å². The summed E-state index contributed by atoms with van der Waals surface area (Å²) in [5.41, 5.74) is 2.75. The van der Waals surface area contributed by atoms with Crippen LogP contribution in [0.15, 0.2) is 67.1 Å². The van der Waals surface area contributed by atoms with Gasteiger partial charge in [-0.25, -0.2) is 0 Å². The molecule has 3 nitrogen and oxygen atoms in total. The Hall–Kier alpha value is -2.81. The summed E-state index contributed by atoms with van der Waals surface area (Å²) in [6.07, 6.45) is 5.50. The van der Waals surface area contributed by atoms with E-state index >= 15 is 0 Å². The fourth-order valence-electron chi connectivity index (χ4n) is 2.49. The van der Waals surface area contributed by atoms with Crippen molar-refractivity contribution in [2.45, 2.75) is 0 Å². The molecule has 0 amide bonds. The molecular weight excluding hydrogens is 246 g/mol. The van der Waals surface area contributed by atoms with Gasteiger partial charge in [-0.3, -0.25) is 15.0 Å². The van der Waals surface area contributed by atoms with E-state index in [1.54, 1.807) is 6.20 Å². The Bertz CT molecular complexity index is 901. The number of hydrogen-bond donors (Lipinski definition) is 0. The molecule has 4 rings (SSSR count). The van der Waals surface area contributed by atoms with Crippen molar-refractivity contribution in [1.82, 2.24) is 15.0 Å². The predicted molar refractivity (Wildman–Crippen MR) is 80.3 cm³/mol. The second kappa shape index (κ2) is 4.38. The Balaban J connectivity index is 2.12. The molecule has 20 heavy (non-hydrogen) atoms. The van der Waals surface area contributed by atoms with Crippen LogP contribution in [0.3, 0.4) is 0 Å². The van der Waals surface area contributed by atoms with Crippen LogP contribution < -0.4 is 0 Å². The summed E-state index contributed by atoms with van der Waals surface area (Å²) in [5.74, 6) is 0. The molecule has 4 aromatic rings. The van der Waals surface area contributed by atoms with E-state index in [0.29, 0.717) is 0 Å². The van der Waals surface area contributed by atoms with Gasteiger partial charge in [-0.15, -0.1) is 0 Å². The third-order valence-corrected chi connectivity index (χ3v) is 3.42. The molecule has 0 saturated heterocycles. The number of aromatic nitrogens is 3. The Kier molecular flexibility index (Phi) is 2.42. The predicted octanol–water partition coefficient (Wildman–Crippen LogP) is 3.85. The summed E-state index contributed by atoms with van der Waals surface area (Å²) in [7, 11) is 0. The molecule has 0 aliphatic heterocycles. The number of pyridine rings is 3. The van der Waals surface area contributed by atoms with Crippen LogP contribution in [0.25, 0.3) is 33.1 Å². The Morgan fingerprint density at radius 1 is 0.600 bits per heavy atom. The van der Waals surface area contributed by atoms with Gasteiger partial charge in [0.05, 0.1) is 16.9 Å². The van der Waals surface area contributed by atoms with Crippen LogP contribution in [-0.4, -0.2) is 15.0 Å². The van der Waals surface area contributed by atoms with E-state index < -0.39 is 0 Å². The lowest BCUT2D eigenvalue weighted by molar-refractivity contribution is 1.26. The van der Waals surface area contributed by atoms with Crippen LogP contribution in [0.4, 0.5) is 0 Å². The van der Waals surface area contributed by atoms with Crippen LogP contribution in [-0.2, 0) is 0 Å². The molecular formula is C17H11N3. The molecule has 3 heterocycles. The molecule has 3 aromatic heterocycles. The highest BCUT2D eigenvalue weighted by molar-refractivity contribution is 6.09. The van der Waals surface area contributed by atoms with Crippen molar-refractivity contribution in [2.75, 3.05) is 0 Å². The number of benzene rings is 1. The van der Waals surface area contributed by atoms with E-state index in [1.165, 1.54) is 0 Å². The standard InChI is InChI=1S/C17H11N3/c1-2-6-15-13(5-1)12-8-10-19-17(14(12)11-20-15)16-7-3-4-9-18-16/h1-11H. The molecule has 0 unspecified atom stereocenters. The molecule has 1 aromatic carbocycles. The maximum atomic E-state index is 4.53. The molecule has 0 atom stereocenters. The van der Waals surface area contributed by atoms with Gasteiger partial charge in [-0.05, 0) is 29.7 Å². The lowest BCUT2D eigenvalue weighted by Gasteiger charge is -2.07. The topological polar surface area (TPSA) is 38.7 Å². The van der Waals surface area contributed by atoms with Crippen molar-refractivity contribution in [3.8, 4) is 11.4 Å². The van der Waals surface area contributed by atoms with Crippen LogP contribution in [0.1, 0.15) is 0 Å². The second-order valence-corrected chi connectivity index (χ2v) is 4.61. The lowest BCUT2D eigenvalue weighted by atomic mass is 10.1. The van der Waals surface area contributed by atoms with E-state index in [9.17, 15) is 0 Å². The van der Waals surface area contributed by atoms with Crippen molar-refractivity contribution >= 4 is 21.7 Å². The Labute approximate surface area is 116 Å². The maximum Gasteiger partial charge on any atom is 0.0980 e. The van der Waals surface area contributed by atoms with Crippen molar-refractivity contribution in [3.63, 3.8) is 0 Å². The van der Waals surface area contributed by atoms with Crippen molar-refractivity contribution in [2.24, 2.45) is 0 Å². The summed E-state index contributed by atoms with van der Waals surface area (Å²) in [6, 6.07) is 16.0. The monoisotopic (exact) mass is 257 g/mol. The lowest BCUT2D eigenvalue weighted by Crippen LogP contribution is -1.90. The van der Waals surface area contributed by atoms with Gasteiger partial charge in [-0.2, -0.15) is 0 Å². The third-order valence-electron chi connectivity index (χ3n) is 3.42. The first-order valence-electron chi connectivity index (χ1n) is 6.47. The van der Waals surface area contributed by atoms with E-state index in [4.69, 9.17) is 0 Å². The zero-order valence-corrected chi connectivity index (χ0v) is 10.7. The fourth-order valence-corrected chi connectivity index (χ4v) is 2.49. The molecule has 0 aliphatic rings. The van der Waals surface area contributed by atoms with Crippen LogP contribution >= 0.6 is 0 Å². The van der Waals surface area contributed by atoms with Gasteiger partial charge < -0.3 is 0 Å². The Morgan fingerprint density at radius 2 is 1.50 bits per heavy atom. The molecule has 0 aliphatic carbocycles. The van der Waals surface area contributed by atoms with Crippen molar-refractivity contribution in [3.05, 3.63) is 67.1 Å². The van der Waals surface area contributed by atoms with Gasteiger partial charge in [0.1, 0.15) is 0 Å². The minimum absolute atomic E-state index is 0.871. The van der Waals surface area contributed by atoms with E-state index in [0.717, 1.165) is 33.1 Å². The minimum atomic E-state index is 0.871. The van der Waals surface area contributed by atoms with Gasteiger partial charge in [0.2, 0.25) is 0 Å². The summed E-state index contributed by atoms with van der Waals surface area (Å²) in [4.78, 5) is 13.4. The largest absolute Gasteiger partial charge is 0.256 e. The van der Waals surface area contributed by atoms with E-state index in [2.05, 4.69) is 21.0 Å². The first kappa shape index (κ1) is 11.1. The number of nitrogens with zero attached hydrogens (tertiary/aromatic N) is 3. The normalized spacial score (nSPS) is 11.0. The molecule has 0 fully saturated rings. The van der Waals surface area contributed by atoms with Crippen LogP contribution in [0, 0.1) is 0 Å².